The molecule has 0 saturated heterocycles. The first-order valence-electron chi connectivity index (χ1n) is 8.98. The van der Waals surface area contributed by atoms with Gasteiger partial charge >= 0.3 is 0 Å². The van der Waals surface area contributed by atoms with Crippen molar-refractivity contribution in [2.45, 2.75) is 38.0 Å². The molecule has 0 aromatic heterocycles. The van der Waals surface area contributed by atoms with E-state index < -0.39 is 9.84 Å². The maximum atomic E-state index is 12.2. The molecule has 0 atom stereocenters. The van der Waals surface area contributed by atoms with Crippen molar-refractivity contribution in [3.63, 3.8) is 0 Å². The van der Waals surface area contributed by atoms with E-state index in [1.165, 1.54) is 0 Å². The van der Waals surface area contributed by atoms with E-state index in [2.05, 4.69) is 22.5 Å². The molecule has 0 heterocycles. The van der Waals surface area contributed by atoms with E-state index in [1.54, 1.807) is 30.3 Å². The van der Waals surface area contributed by atoms with Gasteiger partial charge in [0.15, 0.2) is 15.8 Å². The van der Waals surface area contributed by atoms with Crippen LogP contribution >= 0.6 is 0 Å². The average Bonchev–Trinajstić information content (AvgIpc) is 2.61. The van der Waals surface area contributed by atoms with Gasteiger partial charge < -0.3 is 15.4 Å². The second-order valence-corrected chi connectivity index (χ2v) is 7.75. The number of rotatable bonds is 12. The Morgan fingerprint density at radius 3 is 2.48 bits per heavy atom. The van der Waals surface area contributed by atoms with Crippen molar-refractivity contribution < 1.29 is 13.2 Å². The van der Waals surface area contributed by atoms with Gasteiger partial charge in [-0.3, -0.25) is 4.99 Å². The van der Waals surface area contributed by atoms with Crippen molar-refractivity contribution in [2.24, 2.45) is 4.99 Å². The predicted molar refractivity (Wildman–Crippen MR) is 103 cm³/mol. The Hall–Kier alpha value is -1.60. The molecule has 142 valence electrons. The lowest BCUT2D eigenvalue weighted by molar-refractivity contribution is 0.130. The highest BCUT2D eigenvalue weighted by molar-refractivity contribution is 7.91. The van der Waals surface area contributed by atoms with E-state index in [0.29, 0.717) is 30.6 Å². The minimum atomic E-state index is -3.27. The molecule has 0 amide bonds. The van der Waals surface area contributed by atoms with E-state index in [4.69, 9.17) is 4.74 Å². The number of nitrogens with one attached hydrogen (secondary N) is 2. The number of benzene rings is 1. The van der Waals surface area contributed by atoms with E-state index in [9.17, 15) is 8.42 Å². The third-order valence-electron chi connectivity index (χ3n) is 3.47. The highest BCUT2D eigenvalue weighted by Gasteiger charge is 2.13. The summed E-state index contributed by atoms with van der Waals surface area (Å²) >= 11 is 0. The first-order valence-corrected chi connectivity index (χ1v) is 10.6. The summed E-state index contributed by atoms with van der Waals surface area (Å²) in [5.74, 6) is 0.668. The van der Waals surface area contributed by atoms with Crippen LogP contribution in [-0.4, -0.2) is 53.0 Å². The summed E-state index contributed by atoms with van der Waals surface area (Å²) in [4.78, 5) is 4.79. The molecular formula is C18H31N3O3S. The van der Waals surface area contributed by atoms with Crippen LogP contribution in [0.2, 0.25) is 0 Å². The van der Waals surface area contributed by atoms with Crippen LogP contribution in [0.4, 0.5) is 0 Å². The van der Waals surface area contributed by atoms with Gasteiger partial charge in [0.25, 0.3) is 0 Å². The SMILES string of the molecule is CCCCOCCCN=C(NCC)NCCS(=O)(=O)c1ccccc1. The number of nitrogens with zero attached hydrogens (tertiary/aromatic N) is 1. The van der Waals surface area contributed by atoms with Gasteiger partial charge in [0, 0.05) is 32.8 Å². The molecule has 6 nitrogen and oxygen atoms in total. The van der Waals surface area contributed by atoms with Gasteiger partial charge in [-0.1, -0.05) is 31.5 Å². The molecule has 0 aliphatic rings. The van der Waals surface area contributed by atoms with Crippen LogP contribution in [0.25, 0.3) is 0 Å². The Labute approximate surface area is 152 Å². The van der Waals surface area contributed by atoms with Crippen LogP contribution < -0.4 is 10.6 Å². The molecule has 0 bridgehead atoms. The van der Waals surface area contributed by atoms with Crippen molar-refractivity contribution in [1.82, 2.24) is 10.6 Å². The molecule has 25 heavy (non-hydrogen) atoms. The third kappa shape index (κ3) is 9.45. The molecule has 0 fully saturated rings. The zero-order valence-corrected chi connectivity index (χ0v) is 16.1. The van der Waals surface area contributed by atoms with E-state index in [0.717, 1.165) is 32.4 Å². The first kappa shape index (κ1) is 21.4. The number of sulfone groups is 1. The van der Waals surface area contributed by atoms with Crippen LogP contribution in [0, 0.1) is 0 Å². The molecule has 1 aromatic carbocycles. The minimum Gasteiger partial charge on any atom is -0.381 e. The highest BCUT2D eigenvalue weighted by atomic mass is 32.2. The molecule has 0 aliphatic heterocycles. The van der Waals surface area contributed by atoms with Gasteiger partial charge in [-0.2, -0.15) is 0 Å². The van der Waals surface area contributed by atoms with Gasteiger partial charge in [0.1, 0.15) is 0 Å². The Balaban J connectivity index is 2.36. The first-order chi connectivity index (χ1) is 12.1. The van der Waals surface area contributed by atoms with Crippen molar-refractivity contribution in [3.8, 4) is 0 Å². The molecule has 1 rings (SSSR count). The smallest absolute Gasteiger partial charge is 0.191 e. The fourth-order valence-corrected chi connectivity index (χ4v) is 3.28. The maximum Gasteiger partial charge on any atom is 0.191 e. The van der Waals surface area contributed by atoms with Crippen molar-refractivity contribution in [3.05, 3.63) is 30.3 Å². The lowest BCUT2D eigenvalue weighted by Gasteiger charge is -2.11. The number of hydrogen-bond donors (Lipinski definition) is 2. The Morgan fingerprint density at radius 1 is 1.08 bits per heavy atom. The number of unbranched alkanes of at least 4 members (excludes halogenated alkanes) is 1. The molecular weight excluding hydrogens is 338 g/mol. The van der Waals surface area contributed by atoms with E-state index >= 15 is 0 Å². The van der Waals surface area contributed by atoms with E-state index in [1.807, 2.05) is 6.92 Å². The van der Waals surface area contributed by atoms with Gasteiger partial charge in [0.05, 0.1) is 10.6 Å². The molecule has 0 saturated carbocycles. The summed E-state index contributed by atoms with van der Waals surface area (Å²) in [6, 6.07) is 8.50. The normalized spacial score (nSPS) is 12.2. The number of ether oxygens (including phenoxy) is 1. The summed E-state index contributed by atoms with van der Waals surface area (Å²) < 4.78 is 30.0. The molecule has 2 N–H and O–H groups in total. The van der Waals surface area contributed by atoms with Gasteiger partial charge in [-0.25, -0.2) is 8.42 Å². The Morgan fingerprint density at radius 2 is 1.80 bits per heavy atom. The van der Waals surface area contributed by atoms with Gasteiger partial charge in [0.2, 0.25) is 0 Å². The Kier molecular flexibility index (Phi) is 10.9. The summed E-state index contributed by atoms with van der Waals surface area (Å²) in [5.41, 5.74) is 0. The van der Waals surface area contributed by atoms with E-state index in [-0.39, 0.29) is 5.75 Å². The lowest BCUT2D eigenvalue weighted by Crippen LogP contribution is -2.39. The fourth-order valence-electron chi connectivity index (χ4n) is 2.10. The second-order valence-electron chi connectivity index (χ2n) is 5.64. The fraction of sp³-hybridized carbons (Fsp3) is 0.611. The number of hydrogen-bond acceptors (Lipinski definition) is 4. The van der Waals surface area contributed by atoms with Crippen molar-refractivity contribution in [2.75, 3.05) is 38.6 Å². The second kappa shape index (κ2) is 12.7. The monoisotopic (exact) mass is 369 g/mol. The van der Waals surface area contributed by atoms with Crippen molar-refractivity contribution in [1.29, 1.82) is 0 Å². The zero-order valence-electron chi connectivity index (χ0n) is 15.3. The molecule has 0 aliphatic carbocycles. The molecule has 1 aromatic rings. The Bertz CT molecular complexity index is 589. The average molecular weight is 370 g/mol. The van der Waals surface area contributed by atoms with Crippen molar-refractivity contribution >= 4 is 15.8 Å². The largest absolute Gasteiger partial charge is 0.381 e. The topological polar surface area (TPSA) is 79.8 Å². The predicted octanol–water partition coefficient (Wildman–Crippen LogP) is 2.22. The highest BCUT2D eigenvalue weighted by Crippen LogP contribution is 2.09. The number of aliphatic imine (C=N–C) groups is 1. The van der Waals surface area contributed by atoms with Crippen LogP contribution in [0.15, 0.2) is 40.2 Å². The molecule has 7 heteroatoms. The zero-order chi connectivity index (χ0) is 18.4. The van der Waals surface area contributed by atoms with Gasteiger partial charge in [-0.05, 0) is 31.9 Å². The van der Waals surface area contributed by atoms with Gasteiger partial charge in [-0.15, -0.1) is 0 Å². The van der Waals surface area contributed by atoms with Crippen LogP contribution in [0.1, 0.15) is 33.1 Å². The molecule has 0 unspecified atom stereocenters. The maximum absolute atomic E-state index is 12.2. The summed E-state index contributed by atoms with van der Waals surface area (Å²) in [6.45, 7) is 7.31. The van der Waals surface area contributed by atoms with Crippen LogP contribution in [-0.2, 0) is 14.6 Å². The minimum absolute atomic E-state index is 0.0293. The molecule has 0 spiro atoms. The quantitative estimate of drug-likeness (QED) is 0.335. The number of guanidine groups is 1. The standard InChI is InChI=1S/C18H31N3O3S/c1-3-5-14-24-15-9-12-20-18(19-4-2)21-13-16-25(22,23)17-10-7-6-8-11-17/h6-8,10-11H,3-5,9,12-16H2,1-2H3,(H2,19,20,21). The lowest BCUT2D eigenvalue weighted by atomic mass is 10.4. The van der Waals surface area contributed by atoms with Crippen LogP contribution in [0.3, 0.4) is 0 Å². The third-order valence-corrected chi connectivity index (χ3v) is 5.20. The van der Waals surface area contributed by atoms with Crippen LogP contribution in [0.5, 0.6) is 0 Å². The summed E-state index contributed by atoms with van der Waals surface area (Å²) in [6.07, 6.45) is 3.07. The summed E-state index contributed by atoms with van der Waals surface area (Å²) in [7, 11) is -3.27. The molecule has 0 radical (unpaired) electrons. The summed E-state index contributed by atoms with van der Waals surface area (Å²) in [5, 5.41) is 6.20.